The molecule has 33 heavy (non-hydrogen) atoms. The second kappa shape index (κ2) is 11.1. The largest absolute Gasteiger partial charge is 0.482 e. The summed E-state index contributed by atoms with van der Waals surface area (Å²) in [4.78, 5) is 12.1. The predicted molar refractivity (Wildman–Crippen MR) is 132 cm³/mol. The average molecular weight is 459 g/mol. The van der Waals surface area contributed by atoms with Gasteiger partial charge in [0, 0.05) is 17.9 Å². The minimum Gasteiger partial charge on any atom is -0.482 e. The number of para-hydroxylation sites is 2. The molecule has 4 aromatic carbocycles. The summed E-state index contributed by atoms with van der Waals surface area (Å²) in [6.45, 7) is 0.469. The topological polar surface area (TPSA) is 59.6 Å². The van der Waals surface area contributed by atoms with Gasteiger partial charge in [0.25, 0.3) is 5.91 Å². The van der Waals surface area contributed by atoms with Crippen molar-refractivity contribution in [2.75, 3.05) is 17.2 Å². The van der Waals surface area contributed by atoms with Gasteiger partial charge in [-0.1, -0.05) is 54.1 Å². The van der Waals surface area contributed by atoms with Crippen LogP contribution in [0.25, 0.3) is 0 Å². The van der Waals surface area contributed by atoms with Gasteiger partial charge in [0.2, 0.25) is 0 Å². The highest BCUT2D eigenvalue weighted by atomic mass is 35.5. The zero-order valence-corrected chi connectivity index (χ0v) is 18.6. The number of hydrogen-bond donors (Lipinski definition) is 2. The summed E-state index contributed by atoms with van der Waals surface area (Å²) in [7, 11) is 0. The van der Waals surface area contributed by atoms with Crippen LogP contribution in [0.15, 0.2) is 103 Å². The van der Waals surface area contributed by atoms with Crippen molar-refractivity contribution in [3.05, 3.63) is 114 Å². The van der Waals surface area contributed by atoms with Crippen molar-refractivity contribution in [1.29, 1.82) is 0 Å². The fourth-order valence-electron chi connectivity index (χ4n) is 3.10. The number of amides is 1. The summed E-state index contributed by atoms with van der Waals surface area (Å²) in [5, 5.41) is 6.58. The summed E-state index contributed by atoms with van der Waals surface area (Å²) in [5.74, 6) is 1.79. The molecule has 0 heterocycles. The first kappa shape index (κ1) is 22.2. The van der Waals surface area contributed by atoms with Gasteiger partial charge in [-0.25, -0.2) is 0 Å². The first-order chi connectivity index (χ1) is 16.2. The van der Waals surface area contributed by atoms with Crippen molar-refractivity contribution in [1.82, 2.24) is 0 Å². The van der Waals surface area contributed by atoms with E-state index in [-0.39, 0.29) is 12.5 Å². The van der Waals surface area contributed by atoms with Crippen molar-refractivity contribution in [3.8, 4) is 17.2 Å². The maximum Gasteiger partial charge on any atom is 0.262 e. The lowest BCUT2D eigenvalue weighted by Crippen LogP contribution is -2.20. The van der Waals surface area contributed by atoms with Gasteiger partial charge in [0.05, 0.1) is 5.02 Å². The molecule has 6 heteroatoms. The molecule has 0 saturated carbocycles. The van der Waals surface area contributed by atoms with Gasteiger partial charge < -0.3 is 20.1 Å². The molecular formula is C27H23ClN2O3. The van der Waals surface area contributed by atoms with E-state index in [4.69, 9.17) is 21.1 Å². The van der Waals surface area contributed by atoms with Crippen LogP contribution in [0.2, 0.25) is 5.02 Å². The van der Waals surface area contributed by atoms with E-state index in [1.54, 1.807) is 6.07 Å². The molecule has 166 valence electrons. The van der Waals surface area contributed by atoms with Crippen LogP contribution in [0.5, 0.6) is 17.2 Å². The van der Waals surface area contributed by atoms with Crippen molar-refractivity contribution < 1.29 is 14.3 Å². The highest BCUT2D eigenvalue weighted by molar-refractivity contribution is 6.32. The first-order valence-corrected chi connectivity index (χ1v) is 10.9. The number of hydrogen-bond acceptors (Lipinski definition) is 4. The Hall–Kier alpha value is -3.96. The second-order valence-electron chi connectivity index (χ2n) is 7.26. The van der Waals surface area contributed by atoms with Gasteiger partial charge >= 0.3 is 0 Å². The summed E-state index contributed by atoms with van der Waals surface area (Å²) in [6.07, 6.45) is 0. The van der Waals surface area contributed by atoms with Crippen molar-refractivity contribution in [3.63, 3.8) is 0 Å². The molecule has 0 aliphatic rings. The van der Waals surface area contributed by atoms with E-state index in [9.17, 15) is 4.79 Å². The van der Waals surface area contributed by atoms with Gasteiger partial charge in [-0.3, -0.25) is 4.79 Å². The Kier molecular flexibility index (Phi) is 7.46. The highest BCUT2D eigenvalue weighted by Crippen LogP contribution is 2.27. The molecule has 4 rings (SSSR count). The van der Waals surface area contributed by atoms with Crippen LogP contribution < -0.4 is 20.1 Å². The van der Waals surface area contributed by atoms with Crippen LogP contribution in [0.1, 0.15) is 5.56 Å². The molecule has 5 nitrogen and oxygen atoms in total. The molecule has 0 spiro atoms. The van der Waals surface area contributed by atoms with Crippen LogP contribution >= 0.6 is 11.6 Å². The Bertz CT molecular complexity index is 1180. The van der Waals surface area contributed by atoms with Crippen molar-refractivity contribution >= 4 is 28.9 Å². The molecule has 0 unspecified atom stereocenters. The Labute approximate surface area is 197 Å². The lowest BCUT2D eigenvalue weighted by molar-refractivity contribution is -0.118. The highest BCUT2D eigenvalue weighted by Gasteiger charge is 2.08. The first-order valence-electron chi connectivity index (χ1n) is 10.5. The fourth-order valence-corrected chi connectivity index (χ4v) is 3.36. The van der Waals surface area contributed by atoms with Crippen LogP contribution in [0.4, 0.5) is 11.4 Å². The molecule has 1 amide bonds. The van der Waals surface area contributed by atoms with Gasteiger partial charge in [0.1, 0.15) is 17.2 Å². The number of ether oxygens (including phenoxy) is 2. The summed E-state index contributed by atoms with van der Waals surface area (Å²) in [6, 6.07) is 32.1. The van der Waals surface area contributed by atoms with Gasteiger partial charge in [0.15, 0.2) is 6.61 Å². The number of nitrogens with one attached hydrogen (secondary N) is 2. The maximum atomic E-state index is 12.1. The number of halogens is 1. The fraction of sp³-hybridized carbons (Fsp3) is 0.0741. The lowest BCUT2D eigenvalue weighted by atomic mass is 10.2. The monoisotopic (exact) mass is 458 g/mol. The second-order valence-corrected chi connectivity index (χ2v) is 7.67. The third kappa shape index (κ3) is 6.76. The molecule has 0 aromatic heterocycles. The van der Waals surface area contributed by atoms with Crippen LogP contribution in [0.3, 0.4) is 0 Å². The minimum atomic E-state index is -0.247. The van der Waals surface area contributed by atoms with Crippen LogP contribution in [-0.2, 0) is 11.3 Å². The molecule has 0 aliphatic heterocycles. The average Bonchev–Trinajstić information content (AvgIpc) is 2.84. The van der Waals surface area contributed by atoms with E-state index >= 15 is 0 Å². The normalized spacial score (nSPS) is 10.3. The standard InChI is InChI=1S/C27H23ClN2O3/c28-25-17-20(11-16-26(25)32-19-27(31)30-22-7-3-1-4-8-22)18-29-21-12-14-24(15-13-21)33-23-9-5-2-6-10-23/h1-17,29H,18-19H2,(H,30,31). The third-order valence-corrected chi connectivity index (χ3v) is 5.04. The summed E-state index contributed by atoms with van der Waals surface area (Å²) in [5.41, 5.74) is 2.67. The van der Waals surface area contributed by atoms with E-state index in [0.717, 1.165) is 28.4 Å². The molecule has 0 saturated heterocycles. The van der Waals surface area contributed by atoms with E-state index in [2.05, 4.69) is 10.6 Å². The number of anilines is 2. The molecule has 0 radical (unpaired) electrons. The quantitative estimate of drug-likeness (QED) is 0.291. The Morgan fingerprint density at radius 2 is 1.42 bits per heavy atom. The minimum absolute atomic E-state index is 0.121. The molecular weight excluding hydrogens is 436 g/mol. The van der Waals surface area contributed by atoms with Crippen LogP contribution in [0, 0.1) is 0 Å². The molecule has 2 N–H and O–H groups in total. The zero-order valence-electron chi connectivity index (χ0n) is 17.8. The Morgan fingerprint density at radius 1 is 0.758 bits per heavy atom. The van der Waals surface area contributed by atoms with E-state index in [1.807, 2.05) is 97.1 Å². The number of benzene rings is 4. The molecule has 0 atom stereocenters. The predicted octanol–water partition coefficient (Wildman–Crippen LogP) is 6.76. The number of rotatable bonds is 9. The molecule has 0 bridgehead atoms. The Morgan fingerprint density at radius 3 is 2.12 bits per heavy atom. The van der Waals surface area contributed by atoms with E-state index < -0.39 is 0 Å². The summed E-state index contributed by atoms with van der Waals surface area (Å²) < 4.78 is 11.4. The van der Waals surface area contributed by atoms with E-state index in [1.165, 1.54) is 0 Å². The number of carbonyl (C=O) groups excluding carboxylic acids is 1. The Balaban J connectivity index is 1.26. The van der Waals surface area contributed by atoms with Gasteiger partial charge in [-0.2, -0.15) is 0 Å². The SMILES string of the molecule is O=C(COc1ccc(CNc2ccc(Oc3ccccc3)cc2)cc1Cl)Nc1ccccc1. The number of carbonyl (C=O) groups is 1. The van der Waals surface area contributed by atoms with Gasteiger partial charge in [-0.05, 0) is 66.2 Å². The zero-order chi connectivity index (χ0) is 22.9. The van der Waals surface area contributed by atoms with Crippen LogP contribution in [-0.4, -0.2) is 12.5 Å². The third-order valence-electron chi connectivity index (χ3n) is 4.74. The molecule has 4 aromatic rings. The molecule has 0 fully saturated rings. The van der Waals surface area contributed by atoms with Crippen molar-refractivity contribution in [2.24, 2.45) is 0 Å². The molecule has 0 aliphatic carbocycles. The van der Waals surface area contributed by atoms with E-state index in [0.29, 0.717) is 17.3 Å². The maximum absolute atomic E-state index is 12.1. The van der Waals surface area contributed by atoms with Crippen molar-refractivity contribution in [2.45, 2.75) is 6.54 Å². The summed E-state index contributed by atoms with van der Waals surface area (Å²) >= 11 is 6.35. The lowest BCUT2D eigenvalue weighted by Gasteiger charge is -2.11. The smallest absolute Gasteiger partial charge is 0.262 e. The van der Waals surface area contributed by atoms with Gasteiger partial charge in [-0.15, -0.1) is 0 Å².